The zero-order valence-electron chi connectivity index (χ0n) is 16.9. The SMILES string of the molecule is CC(C)=CCCC(C)=CC=CC1(C)N2CC3(C)CN1CC(C)(C2)C3=O. The molecule has 4 rings (SSSR count). The lowest BCUT2D eigenvalue weighted by Gasteiger charge is -2.68. The van der Waals surface area contributed by atoms with Crippen molar-refractivity contribution in [2.45, 2.75) is 60.0 Å². The lowest BCUT2D eigenvalue weighted by molar-refractivity contribution is -0.211. The molecule has 4 fully saturated rings. The molecule has 4 bridgehead atoms. The van der Waals surface area contributed by atoms with Crippen molar-refractivity contribution in [1.29, 1.82) is 0 Å². The van der Waals surface area contributed by atoms with E-state index in [1.165, 1.54) is 11.1 Å². The Bertz CT molecular complexity index is 611. The van der Waals surface area contributed by atoms with Gasteiger partial charge < -0.3 is 0 Å². The van der Waals surface area contributed by atoms with Crippen LogP contribution >= 0.6 is 0 Å². The molecule has 0 aromatic rings. The van der Waals surface area contributed by atoms with Crippen molar-refractivity contribution in [2.24, 2.45) is 10.8 Å². The molecule has 4 saturated heterocycles. The van der Waals surface area contributed by atoms with Gasteiger partial charge in [-0.15, -0.1) is 0 Å². The number of carbonyl (C=O) groups is 1. The Hall–Kier alpha value is -1.19. The van der Waals surface area contributed by atoms with Gasteiger partial charge in [0.25, 0.3) is 0 Å². The Morgan fingerprint density at radius 3 is 2.00 bits per heavy atom. The second-order valence-electron chi connectivity index (χ2n) is 9.45. The third-order valence-corrected chi connectivity index (χ3v) is 6.42. The van der Waals surface area contributed by atoms with Crippen LogP contribution in [0, 0.1) is 10.8 Å². The summed E-state index contributed by atoms with van der Waals surface area (Å²) in [6.07, 6.45) is 11.4. The number of piperidine rings is 2. The lowest BCUT2D eigenvalue weighted by atomic mass is 9.60. The van der Waals surface area contributed by atoms with Crippen LogP contribution < -0.4 is 0 Å². The highest BCUT2D eigenvalue weighted by Gasteiger charge is 2.64. The fraction of sp³-hybridized carbons (Fsp3) is 0.682. The van der Waals surface area contributed by atoms with Gasteiger partial charge in [-0.3, -0.25) is 14.6 Å². The molecule has 0 radical (unpaired) electrons. The molecule has 25 heavy (non-hydrogen) atoms. The van der Waals surface area contributed by atoms with Crippen molar-refractivity contribution in [1.82, 2.24) is 9.80 Å². The van der Waals surface area contributed by atoms with Gasteiger partial charge in [0.05, 0.1) is 16.5 Å². The van der Waals surface area contributed by atoms with Crippen LogP contribution in [0.25, 0.3) is 0 Å². The Labute approximate surface area is 153 Å². The molecule has 0 unspecified atom stereocenters. The maximum Gasteiger partial charge on any atom is 0.149 e. The van der Waals surface area contributed by atoms with Crippen molar-refractivity contribution < 1.29 is 4.79 Å². The van der Waals surface area contributed by atoms with Crippen LogP contribution in [-0.2, 0) is 4.79 Å². The summed E-state index contributed by atoms with van der Waals surface area (Å²) >= 11 is 0. The van der Waals surface area contributed by atoms with Crippen molar-refractivity contribution in [2.75, 3.05) is 26.2 Å². The highest BCUT2D eigenvalue weighted by Crippen LogP contribution is 2.51. The minimum absolute atomic E-state index is 0.0591. The van der Waals surface area contributed by atoms with Gasteiger partial charge in [-0.1, -0.05) is 43.2 Å². The van der Waals surface area contributed by atoms with E-state index in [4.69, 9.17) is 0 Å². The third-order valence-electron chi connectivity index (χ3n) is 6.42. The summed E-state index contributed by atoms with van der Waals surface area (Å²) in [5.41, 5.74) is 2.38. The van der Waals surface area contributed by atoms with Crippen molar-refractivity contribution in [3.63, 3.8) is 0 Å². The first kappa shape index (κ1) is 18.6. The molecule has 0 aromatic heterocycles. The van der Waals surface area contributed by atoms with Crippen LogP contribution in [0.2, 0.25) is 0 Å². The standard InChI is InChI=1S/C22H34N2O/c1-17(2)9-7-10-18(3)11-8-12-22(6)23-13-20(4)14-24(22)16-21(5,15-23)19(20)25/h8-9,11-12H,7,10,13-16H2,1-6H3. The van der Waals surface area contributed by atoms with Crippen LogP contribution in [0.15, 0.2) is 35.5 Å². The van der Waals surface area contributed by atoms with Gasteiger partial charge in [-0.05, 0) is 46.6 Å². The van der Waals surface area contributed by atoms with Crippen molar-refractivity contribution >= 4 is 5.78 Å². The van der Waals surface area contributed by atoms with Gasteiger partial charge in [0.15, 0.2) is 0 Å². The van der Waals surface area contributed by atoms with E-state index in [9.17, 15) is 4.79 Å². The molecule has 138 valence electrons. The Kier molecular flexibility index (Phi) is 4.62. The number of carbonyl (C=O) groups excluding carboxylic acids is 1. The van der Waals surface area contributed by atoms with E-state index in [1.54, 1.807) is 0 Å². The van der Waals surface area contributed by atoms with Gasteiger partial charge in [0, 0.05) is 26.2 Å². The normalized spacial score (nSPS) is 43.1. The van der Waals surface area contributed by atoms with Crippen LogP contribution in [-0.4, -0.2) is 47.4 Å². The van der Waals surface area contributed by atoms with Gasteiger partial charge in [0.1, 0.15) is 5.78 Å². The molecule has 0 atom stereocenters. The first-order valence-corrected chi connectivity index (χ1v) is 9.62. The van der Waals surface area contributed by atoms with E-state index in [2.05, 4.69) is 75.6 Å². The van der Waals surface area contributed by atoms with Crippen LogP contribution in [0.3, 0.4) is 0 Å². The molecular weight excluding hydrogens is 308 g/mol. The van der Waals surface area contributed by atoms with Crippen molar-refractivity contribution in [3.8, 4) is 0 Å². The molecule has 0 aliphatic carbocycles. The topological polar surface area (TPSA) is 23.6 Å². The highest BCUT2D eigenvalue weighted by molar-refractivity contribution is 5.92. The van der Waals surface area contributed by atoms with Gasteiger partial charge in [0.2, 0.25) is 0 Å². The Morgan fingerprint density at radius 1 is 1.00 bits per heavy atom. The monoisotopic (exact) mass is 342 g/mol. The molecule has 0 N–H and O–H groups in total. The number of hydrogen-bond donors (Lipinski definition) is 0. The molecule has 3 nitrogen and oxygen atoms in total. The molecule has 0 amide bonds. The summed E-state index contributed by atoms with van der Waals surface area (Å²) in [5, 5.41) is 0. The number of hydrogen-bond acceptors (Lipinski definition) is 3. The van der Waals surface area contributed by atoms with Gasteiger partial charge in [-0.25, -0.2) is 0 Å². The molecular formula is C22H34N2O. The summed E-state index contributed by atoms with van der Waals surface area (Å²) < 4.78 is 0. The first-order valence-electron chi connectivity index (χ1n) is 9.62. The summed E-state index contributed by atoms with van der Waals surface area (Å²) in [6.45, 7) is 16.7. The number of Topliss-reactive ketones (excluding diaryl/α,β-unsaturated/α-hetero) is 1. The molecule has 4 aliphatic rings. The molecule has 0 saturated carbocycles. The molecule has 0 aromatic carbocycles. The van der Waals surface area contributed by atoms with Crippen LogP contribution in [0.4, 0.5) is 0 Å². The summed E-state index contributed by atoms with van der Waals surface area (Å²) in [6, 6.07) is 0. The minimum atomic E-state index is -0.186. The van der Waals surface area contributed by atoms with E-state index in [0.717, 1.165) is 39.0 Å². The fourth-order valence-electron chi connectivity index (χ4n) is 5.03. The summed E-state index contributed by atoms with van der Waals surface area (Å²) in [7, 11) is 0. The largest absolute Gasteiger partial charge is 0.298 e. The predicted octanol–water partition coefficient (Wildman–Crippen LogP) is 4.18. The zero-order valence-corrected chi connectivity index (χ0v) is 16.9. The molecule has 4 heterocycles. The average Bonchev–Trinajstić information content (AvgIpc) is 2.48. The maximum absolute atomic E-state index is 12.8. The van der Waals surface area contributed by atoms with Gasteiger partial charge in [-0.2, -0.15) is 0 Å². The van der Waals surface area contributed by atoms with E-state index in [-0.39, 0.29) is 16.5 Å². The predicted molar refractivity (Wildman–Crippen MR) is 104 cm³/mol. The number of rotatable bonds is 5. The third kappa shape index (κ3) is 3.17. The van der Waals surface area contributed by atoms with E-state index in [1.807, 2.05) is 0 Å². The van der Waals surface area contributed by atoms with E-state index >= 15 is 0 Å². The number of ketones is 1. The maximum atomic E-state index is 12.8. The van der Waals surface area contributed by atoms with E-state index < -0.39 is 0 Å². The van der Waals surface area contributed by atoms with Crippen LogP contribution in [0.1, 0.15) is 54.4 Å². The second kappa shape index (κ2) is 6.21. The molecule has 4 aliphatic heterocycles. The van der Waals surface area contributed by atoms with E-state index in [0.29, 0.717) is 5.78 Å². The lowest BCUT2D eigenvalue weighted by Crippen LogP contribution is -2.81. The quantitative estimate of drug-likeness (QED) is 0.553. The molecule has 0 spiro atoms. The zero-order chi connectivity index (χ0) is 18.5. The first-order chi connectivity index (χ1) is 11.6. The fourth-order valence-corrected chi connectivity index (χ4v) is 5.03. The molecule has 3 heteroatoms. The summed E-state index contributed by atoms with van der Waals surface area (Å²) in [5.74, 6) is 0.480. The Morgan fingerprint density at radius 2 is 1.52 bits per heavy atom. The van der Waals surface area contributed by atoms with Crippen molar-refractivity contribution in [3.05, 3.63) is 35.5 Å². The number of allylic oxidation sites excluding steroid dienone is 5. The Balaban J connectivity index is 1.72. The second-order valence-corrected chi connectivity index (χ2v) is 9.45. The minimum Gasteiger partial charge on any atom is -0.298 e. The summed E-state index contributed by atoms with van der Waals surface area (Å²) in [4.78, 5) is 17.8. The highest BCUT2D eigenvalue weighted by atomic mass is 16.1. The van der Waals surface area contributed by atoms with Gasteiger partial charge >= 0.3 is 0 Å². The number of nitrogens with zero attached hydrogens (tertiary/aromatic N) is 2. The smallest absolute Gasteiger partial charge is 0.149 e. The van der Waals surface area contributed by atoms with Crippen LogP contribution in [0.5, 0.6) is 0 Å². The average molecular weight is 343 g/mol.